The van der Waals surface area contributed by atoms with E-state index < -0.39 is 11.5 Å². The number of carbonyl (C=O) groups excluding carboxylic acids is 1. The Morgan fingerprint density at radius 2 is 1.81 bits per heavy atom. The lowest BCUT2D eigenvalue weighted by Gasteiger charge is -2.40. The summed E-state index contributed by atoms with van der Waals surface area (Å²) in [5.41, 5.74) is 8.82. The number of aliphatic imine (C=N–C) groups is 1. The second-order valence-corrected chi connectivity index (χ2v) is 9.48. The van der Waals surface area contributed by atoms with Gasteiger partial charge in [-0.15, -0.1) is 11.3 Å². The first-order chi connectivity index (χ1) is 14.9. The van der Waals surface area contributed by atoms with Crippen molar-refractivity contribution in [2.75, 3.05) is 7.05 Å². The first kappa shape index (κ1) is 19.9. The molecule has 1 fully saturated rings. The molecule has 4 nitrogen and oxygen atoms in total. The van der Waals surface area contributed by atoms with Gasteiger partial charge in [-0.1, -0.05) is 42.5 Å². The molecule has 2 aliphatic rings. The molecule has 158 valence electrons. The van der Waals surface area contributed by atoms with Crippen molar-refractivity contribution >= 4 is 23.2 Å². The fraction of sp³-hybridized carbons (Fsp3) is 0.280. The zero-order valence-electron chi connectivity index (χ0n) is 17.5. The molecule has 0 unspecified atom stereocenters. The van der Waals surface area contributed by atoms with Crippen LogP contribution in [0.15, 0.2) is 65.0 Å². The number of amides is 1. The normalized spacial score (nSPS) is 23.7. The van der Waals surface area contributed by atoms with E-state index in [1.807, 2.05) is 36.6 Å². The number of thiophene rings is 1. The number of benzene rings is 2. The first-order valence-corrected chi connectivity index (χ1v) is 11.3. The van der Waals surface area contributed by atoms with Crippen molar-refractivity contribution in [3.63, 3.8) is 0 Å². The summed E-state index contributed by atoms with van der Waals surface area (Å²) in [6.07, 6.45) is 2.47. The van der Waals surface area contributed by atoms with Crippen molar-refractivity contribution in [1.82, 2.24) is 4.90 Å². The van der Waals surface area contributed by atoms with Crippen LogP contribution in [0, 0.1) is 5.82 Å². The maximum atomic E-state index is 14.3. The average Bonchev–Trinajstić information content (AvgIpc) is 3.49. The quantitative estimate of drug-likeness (QED) is 0.613. The second kappa shape index (κ2) is 7.31. The monoisotopic (exact) mass is 433 g/mol. The largest absolute Gasteiger partial charge is 0.369 e. The van der Waals surface area contributed by atoms with Crippen LogP contribution in [0.5, 0.6) is 0 Å². The lowest BCUT2D eigenvalue weighted by Crippen LogP contribution is -2.52. The Labute approximate surface area is 185 Å². The van der Waals surface area contributed by atoms with Crippen molar-refractivity contribution in [2.24, 2.45) is 10.7 Å². The predicted octanol–water partition coefficient (Wildman–Crippen LogP) is 5.22. The fourth-order valence-corrected chi connectivity index (χ4v) is 5.45. The topological polar surface area (TPSA) is 58.7 Å². The van der Waals surface area contributed by atoms with Gasteiger partial charge in [0.05, 0.1) is 5.92 Å². The van der Waals surface area contributed by atoms with Crippen LogP contribution in [0.4, 0.5) is 4.39 Å². The molecular weight excluding hydrogens is 409 g/mol. The Balaban J connectivity index is 1.60. The number of nitrogens with zero attached hydrogens (tertiary/aromatic N) is 2. The molecular formula is C25H24FN3OS. The van der Waals surface area contributed by atoms with Crippen molar-refractivity contribution in [3.8, 4) is 11.1 Å². The zero-order chi connectivity index (χ0) is 21.8. The number of guanidine groups is 1. The third-order valence-corrected chi connectivity index (χ3v) is 7.59. The molecule has 1 saturated carbocycles. The molecule has 2 atom stereocenters. The molecule has 2 N–H and O–H groups in total. The van der Waals surface area contributed by atoms with E-state index in [0.717, 1.165) is 16.0 Å². The van der Waals surface area contributed by atoms with Gasteiger partial charge >= 0.3 is 0 Å². The van der Waals surface area contributed by atoms with Crippen LogP contribution in [0.2, 0.25) is 0 Å². The highest BCUT2D eigenvalue weighted by Crippen LogP contribution is 2.48. The van der Waals surface area contributed by atoms with Gasteiger partial charge in [-0.25, -0.2) is 9.38 Å². The Kier molecular flexibility index (Phi) is 4.70. The fourth-order valence-electron chi connectivity index (χ4n) is 4.40. The zero-order valence-corrected chi connectivity index (χ0v) is 18.3. The number of rotatable bonds is 4. The minimum atomic E-state index is -0.872. The van der Waals surface area contributed by atoms with E-state index in [2.05, 4.69) is 12.1 Å². The second-order valence-electron chi connectivity index (χ2n) is 8.57. The van der Waals surface area contributed by atoms with Gasteiger partial charge in [0.25, 0.3) is 0 Å². The van der Waals surface area contributed by atoms with Crippen molar-refractivity contribution in [3.05, 3.63) is 81.8 Å². The van der Waals surface area contributed by atoms with E-state index >= 15 is 0 Å². The summed E-state index contributed by atoms with van der Waals surface area (Å²) in [6.45, 7) is 1.95. The Hall–Kier alpha value is -2.99. The van der Waals surface area contributed by atoms with Crippen LogP contribution < -0.4 is 5.73 Å². The molecule has 2 aromatic carbocycles. The predicted molar refractivity (Wildman–Crippen MR) is 123 cm³/mol. The third-order valence-electron chi connectivity index (χ3n) is 6.43. The number of hydrogen-bond acceptors (Lipinski definition) is 4. The summed E-state index contributed by atoms with van der Waals surface area (Å²) in [6, 6.07) is 17.0. The molecule has 1 amide bonds. The third kappa shape index (κ3) is 3.35. The number of carbonyl (C=O) groups is 1. The van der Waals surface area contributed by atoms with E-state index in [1.54, 1.807) is 19.2 Å². The van der Waals surface area contributed by atoms with Crippen molar-refractivity contribution < 1.29 is 9.18 Å². The van der Waals surface area contributed by atoms with Crippen LogP contribution in [0.3, 0.4) is 0 Å². The van der Waals surface area contributed by atoms with Crippen LogP contribution >= 0.6 is 11.3 Å². The number of likely N-dealkylation sites (N-methyl/N-ethyl adjacent to an activating group) is 1. The van der Waals surface area contributed by atoms with E-state index in [-0.39, 0.29) is 17.7 Å². The molecule has 6 heteroatoms. The number of nitrogens with two attached hydrogens (primary N) is 1. The Bertz CT molecular complexity index is 1180. The minimum Gasteiger partial charge on any atom is -0.369 e. The van der Waals surface area contributed by atoms with Gasteiger partial charge < -0.3 is 5.73 Å². The lowest BCUT2D eigenvalue weighted by atomic mass is 9.77. The summed E-state index contributed by atoms with van der Waals surface area (Å²) in [5, 5.41) is 1.92. The molecule has 31 heavy (non-hydrogen) atoms. The van der Waals surface area contributed by atoms with Gasteiger partial charge in [-0.3, -0.25) is 9.69 Å². The summed E-state index contributed by atoms with van der Waals surface area (Å²) in [7, 11) is 1.66. The molecule has 0 bridgehead atoms. The standard InChI is InChI=1S/C25H24FN3OS/c1-25(21-13-18(14-31-21)19-5-3-4-6-20(19)26)22(23(30)29(2)24(27)28-25)17-11-9-16(10-12-17)15-7-8-15/h3-6,9-15,22H,7-8H2,1-2H3,(H2,27,28)/t22-,25-/m1/s1. The van der Waals surface area contributed by atoms with Gasteiger partial charge in [-0.05, 0) is 59.9 Å². The smallest absolute Gasteiger partial charge is 0.239 e. The maximum Gasteiger partial charge on any atom is 0.239 e. The van der Waals surface area contributed by atoms with E-state index in [4.69, 9.17) is 10.7 Å². The van der Waals surface area contributed by atoms with Gasteiger partial charge in [0, 0.05) is 17.5 Å². The Morgan fingerprint density at radius 3 is 2.48 bits per heavy atom. The summed E-state index contributed by atoms with van der Waals surface area (Å²) < 4.78 is 14.3. The highest BCUT2D eigenvalue weighted by atomic mass is 32.1. The summed E-state index contributed by atoms with van der Waals surface area (Å²) in [4.78, 5) is 20.5. The molecule has 2 heterocycles. The molecule has 3 aromatic rings. The minimum absolute atomic E-state index is 0.0880. The SMILES string of the molecule is CN1C(=O)[C@@H](c2ccc(C3CC3)cc2)[C@@](C)(c2cc(-c3ccccc3F)cs2)N=C1N. The summed E-state index contributed by atoms with van der Waals surface area (Å²) in [5.74, 6) is -0.0227. The van der Waals surface area contributed by atoms with Crippen molar-refractivity contribution in [1.29, 1.82) is 0 Å². The van der Waals surface area contributed by atoms with Crippen LogP contribution in [0.1, 0.15) is 47.6 Å². The highest BCUT2D eigenvalue weighted by Gasteiger charge is 2.48. The van der Waals surface area contributed by atoms with Crippen LogP contribution in [0.25, 0.3) is 11.1 Å². The van der Waals surface area contributed by atoms with Crippen LogP contribution in [-0.2, 0) is 10.3 Å². The van der Waals surface area contributed by atoms with Crippen molar-refractivity contribution in [2.45, 2.75) is 37.1 Å². The van der Waals surface area contributed by atoms with E-state index in [9.17, 15) is 9.18 Å². The molecule has 1 aliphatic carbocycles. The molecule has 1 aromatic heterocycles. The first-order valence-electron chi connectivity index (χ1n) is 10.4. The van der Waals surface area contributed by atoms with E-state index in [1.165, 1.54) is 40.7 Å². The lowest BCUT2D eigenvalue weighted by molar-refractivity contribution is -0.130. The highest BCUT2D eigenvalue weighted by molar-refractivity contribution is 7.10. The van der Waals surface area contributed by atoms with Gasteiger partial charge in [0.15, 0.2) is 5.96 Å². The van der Waals surface area contributed by atoms with Gasteiger partial charge in [0.2, 0.25) is 5.91 Å². The van der Waals surface area contributed by atoms with Crippen LogP contribution in [-0.4, -0.2) is 23.8 Å². The molecule has 0 radical (unpaired) electrons. The molecule has 1 aliphatic heterocycles. The summed E-state index contributed by atoms with van der Waals surface area (Å²) >= 11 is 1.48. The molecule has 5 rings (SSSR count). The Morgan fingerprint density at radius 1 is 1.13 bits per heavy atom. The molecule has 0 saturated heterocycles. The average molecular weight is 434 g/mol. The maximum absolute atomic E-state index is 14.3. The van der Waals surface area contributed by atoms with E-state index in [0.29, 0.717) is 11.5 Å². The number of hydrogen-bond donors (Lipinski definition) is 1. The van der Waals surface area contributed by atoms with Gasteiger partial charge in [0.1, 0.15) is 11.4 Å². The number of halogens is 1. The molecule has 0 spiro atoms. The van der Waals surface area contributed by atoms with Gasteiger partial charge in [-0.2, -0.15) is 0 Å².